The molecule has 1 amide bonds. The molecule has 0 aliphatic carbocycles. The summed E-state index contributed by atoms with van der Waals surface area (Å²) >= 11 is 6.21. The molecule has 0 atom stereocenters. The normalized spacial score (nSPS) is 10.3. The second-order valence-electron chi connectivity index (χ2n) is 5.04. The highest BCUT2D eigenvalue weighted by atomic mass is 35.5. The van der Waals surface area contributed by atoms with E-state index in [1.54, 1.807) is 12.1 Å². The zero-order valence-electron chi connectivity index (χ0n) is 13.7. The van der Waals surface area contributed by atoms with Crippen LogP contribution in [0.25, 0.3) is 6.08 Å². The number of ether oxygens (including phenoxy) is 2. The highest BCUT2D eigenvalue weighted by Gasteiger charge is 2.13. The topological polar surface area (TPSA) is 86.4 Å². The molecule has 6 nitrogen and oxygen atoms in total. The lowest BCUT2D eigenvalue weighted by Gasteiger charge is -2.16. The number of methoxy groups -OCH3 is 1. The summed E-state index contributed by atoms with van der Waals surface area (Å²) < 4.78 is 10.9. The number of amides is 1. The largest absolute Gasteiger partial charge is 0.493 e. The van der Waals surface area contributed by atoms with Crippen LogP contribution in [0.4, 0.5) is 0 Å². The Labute approximate surface area is 146 Å². The zero-order valence-corrected chi connectivity index (χ0v) is 14.5. The predicted octanol–water partition coefficient (Wildman–Crippen LogP) is 3.02. The maximum Gasteiger partial charge on any atom is 0.248 e. The standard InChI is InChI=1S/C17H18ClN3O3/c1-12(2)24-17-14(18)10-13(11-15(17)23-3)4-5-16(22)21(8-6-19)9-7-20/h4-5,10-12H,8-9H2,1-3H3/b5-4-. The molecule has 0 N–H and O–H groups in total. The van der Waals surface area contributed by atoms with Crippen molar-refractivity contribution in [1.82, 2.24) is 4.90 Å². The van der Waals surface area contributed by atoms with Gasteiger partial charge in [-0.15, -0.1) is 0 Å². The number of carbonyl (C=O) groups is 1. The van der Waals surface area contributed by atoms with Gasteiger partial charge in [0.2, 0.25) is 5.91 Å². The van der Waals surface area contributed by atoms with E-state index in [1.165, 1.54) is 19.3 Å². The smallest absolute Gasteiger partial charge is 0.248 e. The Hall–Kier alpha value is -2.70. The van der Waals surface area contributed by atoms with E-state index in [4.69, 9.17) is 31.6 Å². The molecule has 0 spiro atoms. The van der Waals surface area contributed by atoms with E-state index < -0.39 is 5.91 Å². The Bertz CT molecular complexity index is 686. The van der Waals surface area contributed by atoms with Crippen LogP contribution < -0.4 is 9.47 Å². The Balaban J connectivity index is 3.03. The molecule has 0 unspecified atom stereocenters. The van der Waals surface area contributed by atoms with Gasteiger partial charge >= 0.3 is 0 Å². The van der Waals surface area contributed by atoms with E-state index in [2.05, 4.69) is 0 Å². The second kappa shape index (κ2) is 9.44. The molecule has 126 valence electrons. The van der Waals surface area contributed by atoms with E-state index in [9.17, 15) is 4.79 Å². The third-order valence-corrected chi connectivity index (χ3v) is 3.14. The van der Waals surface area contributed by atoms with Crippen molar-refractivity contribution >= 4 is 23.6 Å². The van der Waals surface area contributed by atoms with Gasteiger partial charge in [-0.2, -0.15) is 10.5 Å². The van der Waals surface area contributed by atoms with Crippen molar-refractivity contribution < 1.29 is 14.3 Å². The van der Waals surface area contributed by atoms with Crippen LogP contribution in [0.3, 0.4) is 0 Å². The molecule has 0 saturated heterocycles. The van der Waals surface area contributed by atoms with Gasteiger partial charge in [-0.3, -0.25) is 4.79 Å². The first-order valence-electron chi connectivity index (χ1n) is 7.18. The third kappa shape index (κ3) is 5.49. The summed E-state index contributed by atoms with van der Waals surface area (Å²) in [5, 5.41) is 17.7. The molecule has 1 aromatic rings. The molecular formula is C17H18ClN3O3. The van der Waals surface area contributed by atoms with Gasteiger partial charge < -0.3 is 14.4 Å². The third-order valence-electron chi connectivity index (χ3n) is 2.86. The zero-order chi connectivity index (χ0) is 18.1. The Morgan fingerprint density at radius 3 is 2.46 bits per heavy atom. The maximum absolute atomic E-state index is 12.0. The average molecular weight is 348 g/mol. The molecule has 0 saturated carbocycles. The van der Waals surface area contributed by atoms with Crippen molar-refractivity contribution in [3.8, 4) is 23.6 Å². The number of nitrogens with zero attached hydrogens (tertiary/aromatic N) is 3. The fraction of sp³-hybridized carbons (Fsp3) is 0.353. The minimum Gasteiger partial charge on any atom is -0.493 e. The molecule has 1 rings (SSSR count). The van der Waals surface area contributed by atoms with Crippen molar-refractivity contribution in [2.24, 2.45) is 0 Å². The minimum absolute atomic E-state index is 0.0649. The van der Waals surface area contributed by atoms with E-state index in [0.717, 1.165) is 4.90 Å². The van der Waals surface area contributed by atoms with E-state index >= 15 is 0 Å². The van der Waals surface area contributed by atoms with Gasteiger partial charge in [-0.05, 0) is 37.6 Å². The Kier molecular flexibility index (Phi) is 7.61. The lowest BCUT2D eigenvalue weighted by molar-refractivity contribution is -0.124. The minimum atomic E-state index is -0.435. The highest BCUT2D eigenvalue weighted by molar-refractivity contribution is 6.32. The summed E-state index contributed by atoms with van der Waals surface area (Å²) in [7, 11) is 1.50. The van der Waals surface area contributed by atoms with E-state index in [0.29, 0.717) is 22.1 Å². The lowest BCUT2D eigenvalue weighted by atomic mass is 10.1. The number of nitriles is 2. The summed E-state index contributed by atoms with van der Waals surface area (Å²) in [5.74, 6) is 0.457. The molecule has 0 bridgehead atoms. The first-order chi connectivity index (χ1) is 11.4. The number of carbonyl (C=O) groups excluding carboxylic acids is 1. The number of hydrogen-bond donors (Lipinski definition) is 0. The first-order valence-corrected chi connectivity index (χ1v) is 7.55. The van der Waals surface area contributed by atoms with Crippen LogP contribution in [0.1, 0.15) is 19.4 Å². The predicted molar refractivity (Wildman–Crippen MR) is 90.6 cm³/mol. The molecule has 1 aromatic carbocycles. The molecule has 0 radical (unpaired) electrons. The van der Waals surface area contributed by atoms with Crippen molar-refractivity contribution in [3.05, 3.63) is 28.8 Å². The van der Waals surface area contributed by atoms with Crippen LogP contribution in [0.2, 0.25) is 5.02 Å². The molecule has 0 heterocycles. The van der Waals surface area contributed by atoms with Gasteiger partial charge in [0.25, 0.3) is 0 Å². The second-order valence-corrected chi connectivity index (χ2v) is 5.45. The molecule has 7 heteroatoms. The van der Waals surface area contributed by atoms with Gasteiger partial charge in [0, 0.05) is 6.08 Å². The number of hydrogen-bond acceptors (Lipinski definition) is 5. The molecule has 0 aliphatic heterocycles. The average Bonchev–Trinajstić information content (AvgIpc) is 2.54. The first kappa shape index (κ1) is 19.3. The van der Waals surface area contributed by atoms with Crippen molar-refractivity contribution in [2.75, 3.05) is 20.2 Å². The van der Waals surface area contributed by atoms with E-state index in [-0.39, 0.29) is 19.2 Å². The monoisotopic (exact) mass is 347 g/mol. The highest BCUT2D eigenvalue weighted by Crippen LogP contribution is 2.37. The van der Waals surface area contributed by atoms with Crippen molar-refractivity contribution in [1.29, 1.82) is 10.5 Å². The summed E-state index contributed by atoms with van der Waals surface area (Å²) in [6, 6.07) is 7.02. The maximum atomic E-state index is 12.0. The van der Waals surface area contributed by atoms with Crippen LogP contribution in [-0.2, 0) is 4.79 Å². The Morgan fingerprint density at radius 2 is 1.96 bits per heavy atom. The van der Waals surface area contributed by atoms with Crippen LogP contribution in [0.5, 0.6) is 11.5 Å². The van der Waals surface area contributed by atoms with Crippen molar-refractivity contribution in [3.63, 3.8) is 0 Å². The summed E-state index contributed by atoms with van der Waals surface area (Å²) in [4.78, 5) is 13.1. The van der Waals surface area contributed by atoms with E-state index in [1.807, 2.05) is 26.0 Å². The lowest BCUT2D eigenvalue weighted by Crippen LogP contribution is -2.30. The molecule has 24 heavy (non-hydrogen) atoms. The number of benzene rings is 1. The van der Waals surface area contributed by atoms with Crippen LogP contribution in [0.15, 0.2) is 18.2 Å². The van der Waals surface area contributed by atoms with Gasteiger partial charge in [0.05, 0.1) is 30.4 Å². The van der Waals surface area contributed by atoms with Gasteiger partial charge in [-0.1, -0.05) is 11.6 Å². The molecular weight excluding hydrogens is 330 g/mol. The number of rotatable bonds is 7. The quantitative estimate of drug-likeness (QED) is 0.559. The molecule has 0 aliphatic rings. The fourth-order valence-corrected chi connectivity index (χ4v) is 2.11. The number of halogens is 1. The van der Waals surface area contributed by atoms with Gasteiger partial charge in [0.1, 0.15) is 13.1 Å². The fourth-order valence-electron chi connectivity index (χ4n) is 1.84. The van der Waals surface area contributed by atoms with Gasteiger partial charge in [-0.25, -0.2) is 0 Å². The Morgan fingerprint density at radius 1 is 1.33 bits per heavy atom. The van der Waals surface area contributed by atoms with Crippen LogP contribution >= 0.6 is 11.6 Å². The summed E-state index contributed by atoms with van der Waals surface area (Å²) in [6.07, 6.45) is 2.75. The van der Waals surface area contributed by atoms with Crippen LogP contribution in [0, 0.1) is 22.7 Å². The summed E-state index contributed by atoms with van der Waals surface area (Å²) in [5.41, 5.74) is 0.634. The SMILES string of the molecule is COc1cc(/C=C\C(=O)N(CC#N)CC#N)cc(Cl)c1OC(C)C. The van der Waals surface area contributed by atoms with Crippen molar-refractivity contribution in [2.45, 2.75) is 20.0 Å². The summed E-state index contributed by atoms with van der Waals surface area (Å²) in [6.45, 7) is 3.45. The molecule has 0 fully saturated rings. The van der Waals surface area contributed by atoms with Gasteiger partial charge in [0.15, 0.2) is 11.5 Å². The molecule has 0 aromatic heterocycles. The van der Waals surface area contributed by atoms with Crippen LogP contribution in [-0.4, -0.2) is 37.1 Å².